The van der Waals surface area contributed by atoms with Crippen LogP contribution in [0.15, 0.2) is 84.9 Å². The number of ether oxygens (including phenoxy) is 2. The number of esters is 2. The average Bonchev–Trinajstić information content (AvgIpc) is 3.12. The lowest BCUT2D eigenvalue weighted by atomic mass is 9.44. The quantitative estimate of drug-likeness (QED) is 0.588. The molecular formula is C27H22O4. The predicted octanol–water partition coefficient (Wildman–Crippen LogP) is 4.65. The summed E-state index contributed by atoms with van der Waals surface area (Å²) in [5.41, 5.74) is 3.77. The van der Waals surface area contributed by atoms with E-state index in [1.165, 1.54) is 11.1 Å². The molecule has 0 radical (unpaired) electrons. The number of benzene rings is 3. The Morgan fingerprint density at radius 2 is 1.16 bits per heavy atom. The number of carbonyl (C=O) groups is 2. The van der Waals surface area contributed by atoms with Crippen LogP contribution in [0.3, 0.4) is 0 Å². The zero-order valence-corrected chi connectivity index (χ0v) is 16.9. The SMILES string of the molecule is O=C(OC1C(OC(=O)c2ccccc2)C2C1[C@H]1Cc3ccccc3[C@@H]21)c1ccccc1. The Balaban J connectivity index is 1.27. The summed E-state index contributed by atoms with van der Waals surface area (Å²) >= 11 is 0. The number of fused-ring (bicyclic) bond motifs is 6. The smallest absolute Gasteiger partial charge is 0.338 e. The van der Waals surface area contributed by atoms with Crippen molar-refractivity contribution in [1.82, 2.24) is 0 Å². The Kier molecular flexibility index (Phi) is 4.20. The zero-order chi connectivity index (χ0) is 20.9. The van der Waals surface area contributed by atoms with Crippen LogP contribution in [-0.4, -0.2) is 24.1 Å². The van der Waals surface area contributed by atoms with Gasteiger partial charge < -0.3 is 9.47 Å². The van der Waals surface area contributed by atoms with Crippen LogP contribution in [0.4, 0.5) is 0 Å². The molecule has 4 heteroatoms. The van der Waals surface area contributed by atoms with Crippen molar-refractivity contribution in [3.8, 4) is 0 Å². The lowest BCUT2D eigenvalue weighted by molar-refractivity contribution is -0.239. The molecule has 6 rings (SSSR count). The molecule has 0 aliphatic heterocycles. The molecule has 0 amide bonds. The molecule has 3 aromatic rings. The van der Waals surface area contributed by atoms with E-state index in [1.54, 1.807) is 24.3 Å². The molecule has 4 nitrogen and oxygen atoms in total. The molecule has 4 unspecified atom stereocenters. The van der Waals surface area contributed by atoms with E-state index < -0.39 is 12.2 Å². The summed E-state index contributed by atoms with van der Waals surface area (Å²) in [4.78, 5) is 25.6. The van der Waals surface area contributed by atoms with E-state index in [1.807, 2.05) is 36.4 Å². The van der Waals surface area contributed by atoms with Crippen LogP contribution in [-0.2, 0) is 15.9 Å². The maximum absolute atomic E-state index is 12.8. The first-order valence-corrected chi connectivity index (χ1v) is 10.8. The van der Waals surface area contributed by atoms with E-state index in [-0.39, 0.29) is 23.8 Å². The summed E-state index contributed by atoms with van der Waals surface area (Å²) in [6.45, 7) is 0. The largest absolute Gasteiger partial charge is 0.454 e. The average molecular weight is 410 g/mol. The lowest BCUT2D eigenvalue weighted by Crippen LogP contribution is -2.70. The molecule has 3 aliphatic carbocycles. The van der Waals surface area contributed by atoms with Gasteiger partial charge in [0.05, 0.1) is 11.1 Å². The number of rotatable bonds is 4. The molecule has 3 aromatic carbocycles. The van der Waals surface area contributed by atoms with Gasteiger partial charge in [-0.2, -0.15) is 0 Å². The summed E-state index contributed by atoms with van der Waals surface area (Å²) < 4.78 is 11.9. The second kappa shape index (κ2) is 7.09. The monoisotopic (exact) mass is 410 g/mol. The molecule has 2 fully saturated rings. The third kappa shape index (κ3) is 2.82. The van der Waals surface area contributed by atoms with Crippen molar-refractivity contribution in [2.75, 3.05) is 0 Å². The van der Waals surface area contributed by atoms with Gasteiger partial charge in [0, 0.05) is 11.8 Å². The second-order valence-corrected chi connectivity index (χ2v) is 8.72. The Hall–Kier alpha value is -3.40. The Morgan fingerprint density at radius 3 is 1.77 bits per heavy atom. The van der Waals surface area contributed by atoms with Gasteiger partial charge in [0.2, 0.25) is 0 Å². The highest BCUT2D eigenvalue weighted by Gasteiger charge is 2.71. The highest BCUT2D eigenvalue weighted by Crippen LogP contribution is 2.68. The predicted molar refractivity (Wildman–Crippen MR) is 115 cm³/mol. The third-order valence-electron chi connectivity index (χ3n) is 7.27. The van der Waals surface area contributed by atoms with Crippen molar-refractivity contribution in [2.24, 2.45) is 17.8 Å². The lowest BCUT2D eigenvalue weighted by Gasteiger charge is -2.64. The van der Waals surface area contributed by atoms with Crippen LogP contribution in [0.25, 0.3) is 0 Å². The molecule has 0 spiro atoms. The van der Waals surface area contributed by atoms with Crippen LogP contribution < -0.4 is 0 Å². The molecule has 0 heterocycles. The maximum Gasteiger partial charge on any atom is 0.338 e. The highest BCUT2D eigenvalue weighted by atomic mass is 16.6. The van der Waals surface area contributed by atoms with Gasteiger partial charge in [-0.15, -0.1) is 0 Å². The van der Waals surface area contributed by atoms with Gasteiger partial charge in [0.15, 0.2) is 0 Å². The molecule has 2 saturated carbocycles. The second-order valence-electron chi connectivity index (χ2n) is 8.72. The van der Waals surface area contributed by atoms with Crippen LogP contribution in [0.1, 0.15) is 37.8 Å². The van der Waals surface area contributed by atoms with Crippen molar-refractivity contribution in [2.45, 2.75) is 24.5 Å². The van der Waals surface area contributed by atoms with Crippen molar-refractivity contribution in [3.05, 3.63) is 107 Å². The minimum absolute atomic E-state index is 0.204. The summed E-state index contributed by atoms with van der Waals surface area (Å²) in [5.74, 6) is 0.543. The van der Waals surface area contributed by atoms with Crippen LogP contribution in [0, 0.1) is 17.8 Å². The van der Waals surface area contributed by atoms with Crippen LogP contribution >= 0.6 is 0 Å². The minimum Gasteiger partial charge on any atom is -0.454 e. The van der Waals surface area contributed by atoms with E-state index in [0.717, 1.165) is 6.42 Å². The Labute approximate surface area is 180 Å². The molecule has 6 atom stereocenters. The first-order chi connectivity index (χ1) is 15.2. The van der Waals surface area contributed by atoms with Crippen molar-refractivity contribution >= 4 is 11.9 Å². The summed E-state index contributed by atoms with van der Waals surface area (Å²) in [6.07, 6.45) is 0.180. The number of hydrogen-bond donors (Lipinski definition) is 0. The summed E-state index contributed by atoms with van der Waals surface area (Å²) in [5, 5.41) is 0. The van der Waals surface area contributed by atoms with Gasteiger partial charge in [-0.3, -0.25) is 0 Å². The molecule has 154 valence electrons. The van der Waals surface area contributed by atoms with E-state index in [0.29, 0.717) is 23.0 Å². The Bertz CT molecular complexity index is 1140. The van der Waals surface area contributed by atoms with Gasteiger partial charge in [-0.05, 0) is 53.6 Å². The minimum atomic E-state index is -0.419. The van der Waals surface area contributed by atoms with Crippen molar-refractivity contribution in [3.63, 3.8) is 0 Å². The van der Waals surface area contributed by atoms with Crippen LogP contribution in [0.2, 0.25) is 0 Å². The topological polar surface area (TPSA) is 52.6 Å². The summed E-state index contributed by atoms with van der Waals surface area (Å²) in [7, 11) is 0. The molecule has 0 aromatic heterocycles. The first kappa shape index (κ1) is 18.4. The molecule has 0 saturated heterocycles. The van der Waals surface area contributed by atoms with Crippen molar-refractivity contribution in [1.29, 1.82) is 0 Å². The van der Waals surface area contributed by atoms with Gasteiger partial charge >= 0.3 is 11.9 Å². The standard InChI is InChI=1S/C27H22O4/c28-26(16-9-3-1-4-10-16)30-24-22-20-15-18-13-7-8-14-19(18)21(20)23(22)25(24)31-27(29)17-11-5-2-6-12-17/h1-14,20-25H,15H2/t20-,21+,22?,23?,24?,25?/m0/s1. The van der Waals surface area contributed by atoms with E-state index in [9.17, 15) is 9.59 Å². The normalized spacial score (nSPS) is 29.4. The molecular weight excluding hydrogens is 388 g/mol. The van der Waals surface area contributed by atoms with Crippen molar-refractivity contribution < 1.29 is 19.1 Å². The highest BCUT2D eigenvalue weighted by molar-refractivity contribution is 5.90. The van der Waals surface area contributed by atoms with Gasteiger partial charge in [0.1, 0.15) is 12.2 Å². The molecule has 3 aliphatic rings. The zero-order valence-electron chi connectivity index (χ0n) is 16.9. The summed E-state index contributed by atoms with van der Waals surface area (Å²) in [6, 6.07) is 26.5. The molecule has 0 bridgehead atoms. The molecule has 31 heavy (non-hydrogen) atoms. The third-order valence-corrected chi connectivity index (χ3v) is 7.27. The maximum atomic E-state index is 12.8. The van der Waals surface area contributed by atoms with Gasteiger partial charge in [-0.1, -0.05) is 60.7 Å². The van der Waals surface area contributed by atoms with Gasteiger partial charge in [-0.25, -0.2) is 9.59 Å². The van der Waals surface area contributed by atoms with E-state index in [4.69, 9.17) is 9.47 Å². The fourth-order valence-electron chi connectivity index (χ4n) is 5.91. The Morgan fingerprint density at radius 1 is 0.645 bits per heavy atom. The van der Waals surface area contributed by atoms with Gasteiger partial charge in [0.25, 0.3) is 0 Å². The first-order valence-electron chi connectivity index (χ1n) is 10.8. The van der Waals surface area contributed by atoms with E-state index in [2.05, 4.69) is 24.3 Å². The number of hydrogen-bond acceptors (Lipinski definition) is 4. The van der Waals surface area contributed by atoms with Crippen LogP contribution in [0.5, 0.6) is 0 Å². The fourth-order valence-corrected chi connectivity index (χ4v) is 5.91. The number of carbonyl (C=O) groups excluding carboxylic acids is 2. The molecule has 0 N–H and O–H groups in total. The van der Waals surface area contributed by atoms with E-state index >= 15 is 0 Å². The fraction of sp³-hybridized carbons (Fsp3) is 0.259.